The van der Waals surface area contributed by atoms with Crippen molar-refractivity contribution in [2.75, 3.05) is 5.32 Å². The highest BCUT2D eigenvalue weighted by atomic mass is 16.5. The monoisotopic (exact) mass is 351 g/mol. The molecule has 1 amide bonds. The number of carbonyl (C=O) groups excluding carboxylic acids is 1. The molecular weight excluding hydrogens is 338 g/mol. The predicted octanol–water partition coefficient (Wildman–Crippen LogP) is 2.08. The minimum Gasteiger partial charge on any atom is -0.444 e. The van der Waals surface area contributed by atoms with Crippen LogP contribution in [-0.2, 0) is 11.2 Å². The second-order valence-corrected chi connectivity index (χ2v) is 5.34. The summed E-state index contributed by atoms with van der Waals surface area (Å²) in [6.45, 7) is 0. The molecule has 0 unspecified atom stereocenters. The normalized spacial score (nSPS) is 10.8. The van der Waals surface area contributed by atoms with Crippen molar-refractivity contribution in [3.05, 3.63) is 49.1 Å². The van der Waals surface area contributed by atoms with Crippen LogP contribution in [0.1, 0.15) is 12.3 Å². The summed E-state index contributed by atoms with van der Waals surface area (Å²) in [5, 5.41) is 13.0. The van der Waals surface area contributed by atoms with E-state index in [-0.39, 0.29) is 12.3 Å². The average molecular weight is 351 g/mol. The van der Waals surface area contributed by atoms with Gasteiger partial charge >= 0.3 is 0 Å². The van der Waals surface area contributed by atoms with Crippen LogP contribution in [0, 0.1) is 0 Å². The number of rotatable bonds is 6. The highest BCUT2D eigenvalue weighted by Gasteiger charge is 2.13. The Bertz CT molecular complexity index is 993. The van der Waals surface area contributed by atoms with Gasteiger partial charge in [-0.1, -0.05) is 17.3 Å². The molecule has 3 heterocycles. The Morgan fingerprint density at radius 1 is 1.31 bits per heavy atom. The first-order valence-electron chi connectivity index (χ1n) is 7.75. The maximum atomic E-state index is 12.2. The first-order valence-corrected chi connectivity index (χ1v) is 7.75. The topological polar surface area (TPSA) is 136 Å². The van der Waals surface area contributed by atoms with Crippen molar-refractivity contribution < 1.29 is 13.7 Å². The fourth-order valence-corrected chi connectivity index (χ4v) is 2.32. The van der Waals surface area contributed by atoms with E-state index in [1.54, 1.807) is 12.3 Å². The van der Waals surface area contributed by atoms with E-state index < -0.39 is 0 Å². The van der Waals surface area contributed by atoms with E-state index in [0.717, 1.165) is 5.56 Å². The number of oxazole rings is 1. The highest BCUT2D eigenvalue weighted by molar-refractivity contribution is 5.91. The van der Waals surface area contributed by atoms with Crippen molar-refractivity contribution in [1.82, 2.24) is 30.3 Å². The fraction of sp³-hybridized carbons (Fsp3) is 0.125. The van der Waals surface area contributed by atoms with E-state index >= 15 is 0 Å². The lowest BCUT2D eigenvalue weighted by atomic mass is 10.1. The number of anilines is 1. The zero-order valence-electron chi connectivity index (χ0n) is 13.4. The number of aromatic nitrogens is 6. The van der Waals surface area contributed by atoms with E-state index in [1.807, 2.05) is 18.2 Å². The number of hydrogen-bond donors (Lipinski definition) is 2. The Hall–Kier alpha value is -3.82. The highest BCUT2D eigenvalue weighted by Crippen LogP contribution is 2.22. The minimum absolute atomic E-state index is 0.167. The lowest BCUT2D eigenvalue weighted by molar-refractivity contribution is -0.116. The fourth-order valence-electron chi connectivity index (χ4n) is 2.32. The summed E-state index contributed by atoms with van der Waals surface area (Å²) in [6, 6.07) is 7.31. The van der Waals surface area contributed by atoms with Crippen LogP contribution in [0.4, 0.5) is 5.69 Å². The van der Waals surface area contributed by atoms with Gasteiger partial charge in [0.1, 0.15) is 6.33 Å². The van der Waals surface area contributed by atoms with Gasteiger partial charge in [-0.05, 0) is 12.1 Å². The van der Waals surface area contributed by atoms with Gasteiger partial charge in [-0.25, -0.2) is 9.97 Å². The quantitative estimate of drug-likeness (QED) is 0.539. The standard InChI is InChI=1S/C16H13N7O3/c24-13(4-5-14-21-16(23-26-14)15-18-8-19-22-15)20-11-3-1-2-10(6-11)12-7-17-9-25-12/h1-3,6-9H,4-5H2,(H,20,24)(H,18,19,22). The minimum atomic E-state index is -0.167. The first kappa shape index (κ1) is 15.7. The van der Waals surface area contributed by atoms with Crippen molar-refractivity contribution in [3.8, 4) is 23.0 Å². The van der Waals surface area contributed by atoms with Gasteiger partial charge in [0.25, 0.3) is 0 Å². The molecule has 4 aromatic rings. The van der Waals surface area contributed by atoms with E-state index in [9.17, 15) is 4.79 Å². The lowest BCUT2D eigenvalue weighted by Crippen LogP contribution is -2.12. The maximum absolute atomic E-state index is 12.2. The third-order valence-electron chi connectivity index (χ3n) is 3.52. The molecule has 0 saturated carbocycles. The number of nitrogens with one attached hydrogen (secondary N) is 2. The SMILES string of the molecule is O=C(CCc1nc(-c2ncn[nH]2)no1)Nc1cccc(-c2cnco2)c1. The Morgan fingerprint density at radius 2 is 2.27 bits per heavy atom. The van der Waals surface area contributed by atoms with Crippen LogP contribution in [0.25, 0.3) is 23.0 Å². The molecule has 0 radical (unpaired) electrons. The molecule has 1 aromatic carbocycles. The number of H-pyrrole nitrogens is 1. The molecule has 0 atom stereocenters. The van der Waals surface area contributed by atoms with Crippen LogP contribution in [0.15, 0.2) is 52.1 Å². The molecule has 130 valence electrons. The van der Waals surface area contributed by atoms with Gasteiger partial charge in [-0.15, -0.1) is 0 Å². The van der Waals surface area contributed by atoms with E-state index in [0.29, 0.717) is 35.4 Å². The third kappa shape index (κ3) is 3.48. The molecule has 0 aliphatic carbocycles. The van der Waals surface area contributed by atoms with E-state index in [2.05, 4.69) is 35.6 Å². The second-order valence-electron chi connectivity index (χ2n) is 5.34. The Kier molecular flexibility index (Phi) is 4.21. The second kappa shape index (κ2) is 6.97. The first-order chi connectivity index (χ1) is 12.8. The predicted molar refractivity (Wildman–Crippen MR) is 88.6 cm³/mol. The van der Waals surface area contributed by atoms with Crippen LogP contribution < -0.4 is 5.32 Å². The van der Waals surface area contributed by atoms with Gasteiger partial charge in [-0.3, -0.25) is 9.89 Å². The summed E-state index contributed by atoms with van der Waals surface area (Å²) in [5.74, 6) is 1.53. The van der Waals surface area contributed by atoms with Crippen molar-refractivity contribution in [2.24, 2.45) is 0 Å². The van der Waals surface area contributed by atoms with Gasteiger partial charge in [0.05, 0.1) is 6.20 Å². The summed E-state index contributed by atoms with van der Waals surface area (Å²) in [7, 11) is 0. The zero-order valence-corrected chi connectivity index (χ0v) is 13.4. The van der Waals surface area contributed by atoms with Gasteiger partial charge in [0.15, 0.2) is 18.0 Å². The van der Waals surface area contributed by atoms with Gasteiger partial charge in [-0.2, -0.15) is 10.1 Å². The number of aromatic amines is 1. The molecule has 10 heteroatoms. The van der Waals surface area contributed by atoms with Crippen molar-refractivity contribution in [2.45, 2.75) is 12.8 Å². The van der Waals surface area contributed by atoms with Crippen molar-refractivity contribution >= 4 is 11.6 Å². The molecule has 3 aromatic heterocycles. The zero-order chi connectivity index (χ0) is 17.8. The summed E-state index contributed by atoms with van der Waals surface area (Å²) < 4.78 is 10.4. The molecule has 10 nitrogen and oxygen atoms in total. The molecule has 0 fully saturated rings. The molecule has 0 aliphatic heterocycles. The number of aryl methyl sites for hydroxylation is 1. The van der Waals surface area contributed by atoms with E-state index in [1.165, 1.54) is 12.7 Å². The van der Waals surface area contributed by atoms with Crippen LogP contribution in [0.5, 0.6) is 0 Å². The number of benzene rings is 1. The average Bonchev–Trinajstić information content (AvgIpc) is 3.42. The van der Waals surface area contributed by atoms with Gasteiger partial charge < -0.3 is 14.3 Å². The molecule has 0 spiro atoms. The van der Waals surface area contributed by atoms with Crippen LogP contribution in [0.2, 0.25) is 0 Å². The van der Waals surface area contributed by atoms with Crippen LogP contribution in [-0.4, -0.2) is 36.2 Å². The Labute approximate surface area is 146 Å². The van der Waals surface area contributed by atoms with Gasteiger partial charge in [0.2, 0.25) is 17.6 Å². The molecule has 26 heavy (non-hydrogen) atoms. The summed E-state index contributed by atoms with van der Waals surface area (Å²) in [6.07, 6.45) is 4.84. The molecule has 0 saturated heterocycles. The largest absolute Gasteiger partial charge is 0.444 e. The molecule has 0 bridgehead atoms. The smallest absolute Gasteiger partial charge is 0.239 e. The molecule has 2 N–H and O–H groups in total. The molecular formula is C16H13N7O3. The molecule has 4 rings (SSSR count). The maximum Gasteiger partial charge on any atom is 0.239 e. The lowest BCUT2D eigenvalue weighted by Gasteiger charge is -2.05. The molecule has 0 aliphatic rings. The van der Waals surface area contributed by atoms with E-state index in [4.69, 9.17) is 8.94 Å². The third-order valence-corrected chi connectivity index (χ3v) is 3.52. The van der Waals surface area contributed by atoms with Gasteiger partial charge in [0, 0.05) is 24.1 Å². The Balaban J connectivity index is 1.35. The van der Waals surface area contributed by atoms with Crippen molar-refractivity contribution in [1.29, 1.82) is 0 Å². The summed E-state index contributed by atoms with van der Waals surface area (Å²) in [4.78, 5) is 24.1. The van der Waals surface area contributed by atoms with Crippen molar-refractivity contribution in [3.63, 3.8) is 0 Å². The van der Waals surface area contributed by atoms with Crippen LogP contribution in [0.3, 0.4) is 0 Å². The van der Waals surface area contributed by atoms with Crippen LogP contribution >= 0.6 is 0 Å². The number of nitrogens with zero attached hydrogens (tertiary/aromatic N) is 5. The summed E-state index contributed by atoms with van der Waals surface area (Å²) in [5.41, 5.74) is 1.49. The number of amides is 1. The number of hydrogen-bond acceptors (Lipinski definition) is 8. The Morgan fingerprint density at radius 3 is 3.08 bits per heavy atom. The number of carbonyl (C=O) groups is 1. The summed E-state index contributed by atoms with van der Waals surface area (Å²) >= 11 is 0.